The van der Waals surface area contributed by atoms with Crippen molar-refractivity contribution in [2.24, 2.45) is 5.73 Å². The zero-order valence-electron chi connectivity index (χ0n) is 8.37. The van der Waals surface area contributed by atoms with Crippen molar-refractivity contribution in [3.8, 4) is 5.75 Å². The van der Waals surface area contributed by atoms with Crippen LogP contribution in [0.15, 0.2) is 18.2 Å². The number of nitrogens with two attached hydrogens (primary N) is 1. The predicted molar refractivity (Wildman–Crippen MR) is 61.5 cm³/mol. The van der Waals surface area contributed by atoms with Crippen molar-refractivity contribution in [1.82, 2.24) is 0 Å². The van der Waals surface area contributed by atoms with Gasteiger partial charge in [-0.3, -0.25) is 4.79 Å². The van der Waals surface area contributed by atoms with Gasteiger partial charge in [0, 0.05) is 21.4 Å². The third-order valence-corrected chi connectivity index (χ3v) is 1.59. The fourth-order valence-electron chi connectivity index (χ4n) is 0.916. The standard InChI is InChI=1S/C8H6F3NO2.Cl2OS/c9-8(10,11)4-1-2-5(7(12)14)6(13)3-4;1-4(2)3/h1-3,13H,(H2,12,14);. The molecule has 0 heterocycles. The second-order valence-electron chi connectivity index (χ2n) is 2.78. The van der Waals surface area contributed by atoms with Crippen LogP contribution in [0.3, 0.4) is 0 Å². The first kappa shape index (κ1) is 17.0. The van der Waals surface area contributed by atoms with Crippen molar-refractivity contribution in [3.63, 3.8) is 0 Å². The summed E-state index contributed by atoms with van der Waals surface area (Å²) in [6.45, 7) is 0. The van der Waals surface area contributed by atoms with Crippen LogP contribution < -0.4 is 5.73 Å². The molecular weight excluding hydrogens is 318 g/mol. The van der Waals surface area contributed by atoms with Gasteiger partial charge in [-0.05, 0) is 18.2 Å². The van der Waals surface area contributed by atoms with Gasteiger partial charge in [0.05, 0.1) is 11.1 Å². The summed E-state index contributed by atoms with van der Waals surface area (Å²) in [6, 6.07) is 1.97. The second kappa shape index (κ2) is 6.81. The van der Waals surface area contributed by atoms with E-state index in [0.29, 0.717) is 12.1 Å². The molecule has 3 N–H and O–H groups in total. The number of amides is 1. The smallest absolute Gasteiger partial charge is 0.416 e. The number of halogens is 5. The number of hydrogen-bond acceptors (Lipinski definition) is 3. The van der Waals surface area contributed by atoms with E-state index < -0.39 is 32.6 Å². The Morgan fingerprint density at radius 1 is 1.33 bits per heavy atom. The van der Waals surface area contributed by atoms with Gasteiger partial charge < -0.3 is 10.8 Å². The molecule has 0 spiro atoms. The average Bonchev–Trinajstić information content (AvgIpc) is 2.14. The molecule has 0 aromatic heterocycles. The van der Waals surface area contributed by atoms with Gasteiger partial charge in [-0.1, -0.05) is 0 Å². The molecule has 4 nitrogen and oxygen atoms in total. The van der Waals surface area contributed by atoms with Gasteiger partial charge >= 0.3 is 6.18 Å². The number of rotatable bonds is 1. The highest BCUT2D eigenvalue weighted by Gasteiger charge is 2.31. The lowest BCUT2D eigenvalue weighted by Crippen LogP contribution is -2.12. The van der Waals surface area contributed by atoms with Gasteiger partial charge in [0.2, 0.25) is 9.23 Å². The fourth-order valence-corrected chi connectivity index (χ4v) is 0.916. The summed E-state index contributed by atoms with van der Waals surface area (Å²) in [7, 11) is 7.36. The lowest BCUT2D eigenvalue weighted by molar-refractivity contribution is -0.137. The monoisotopic (exact) mass is 323 g/mol. The Morgan fingerprint density at radius 3 is 2.06 bits per heavy atom. The number of phenols is 1. The highest BCUT2D eigenvalue weighted by Crippen LogP contribution is 2.32. The quantitative estimate of drug-likeness (QED) is 0.779. The molecule has 1 aromatic rings. The van der Waals surface area contributed by atoms with E-state index in [1.807, 2.05) is 0 Å². The van der Waals surface area contributed by atoms with Gasteiger partial charge in [0.1, 0.15) is 5.75 Å². The summed E-state index contributed by atoms with van der Waals surface area (Å²) in [5.41, 5.74) is 3.43. The topological polar surface area (TPSA) is 80.4 Å². The van der Waals surface area contributed by atoms with Crippen LogP contribution >= 0.6 is 21.4 Å². The minimum atomic E-state index is -4.55. The van der Waals surface area contributed by atoms with Crippen LogP contribution in [0, 0.1) is 0 Å². The third kappa shape index (κ3) is 6.08. The van der Waals surface area contributed by atoms with Crippen molar-refractivity contribution in [2.45, 2.75) is 6.18 Å². The molecule has 0 aliphatic carbocycles. The zero-order valence-corrected chi connectivity index (χ0v) is 10.7. The molecule has 0 saturated carbocycles. The number of hydrogen-bond donors (Lipinski definition) is 2. The Hall–Kier alpha value is -0.990. The summed E-state index contributed by atoms with van der Waals surface area (Å²) in [5, 5.41) is 9.02. The van der Waals surface area contributed by atoms with Gasteiger partial charge in [-0.15, -0.1) is 0 Å². The first-order valence-electron chi connectivity index (χ1n) is 4.00. The maximum absolute atomic E-state index is 12.1. The van der Waals surface area contributed by atoms with Crippen LogP contribution in [0.5, 0.6) is 5.75 Å². The number of primary amides is 1. The van der Waals surface area contributed by atoms with Crippen LogP contribution in [0.25, 0.3) is 0 Å². The minimum Gasteiger partial charge on any atom is -0.507 e. The van der Waals surface area contributed by atoms with E-state index in [-0.39, 0.29) is 5.56 Å². The zero-order chi connectivity index (χ0) is 14.5. The molecule has 0 fully saturated rings. The Kier molecular flexibility index (Phi) is 6.44. The molecule has 0 aliphatic rings. The van der Waals surface area contributed by atoms with Crippen LogP contribution in [-0.2, 0) is 15.4 Å². The number of benzene rings is 1. The van der Waals surface area contributed by atoms with Crippen molar-refractivity contribution in [3.05, 3.63) is 29.3 Å². The lowest BCUT2D eigenvalue weighted by Gasteiger charge is -2.07. The van der Waals surface area contributed by atoms with Crippen molar-refractivity contribution >= 4 is 36.5 Å². The maximum atomic E-state index is 12.1. The molecule has 1 rings (SSSR count). The van der Waals surface area contributed by atoms with Crippen LogP contribution in [-0.4, -0.2) is 15.2 Å². The largest absolute Gasteiger partial charge is 0.507 e. The summed E-state index contributed by atoms with van der Waals surface area (Å²) >= 11 is 0. The molecule has 18 heavy (non-hydrogen) atoms. The van der Waals surface area contributed by atoms with E-state index in [1.54, 1.807) is 0 Å². The number of carbonyl (C=O) groups is 1. The van der Waals surface area contributed by atoms with E-state index in [0.717, 1.165) is 6.07 Å². The van der Waals surface area contributed by atoms with E-state index in [2.05, 4.69) is 21.4 Å². The molecule has 1 amide bonds. The van der Waals surface area contributed by atoms with E-state index in [9.17, 15) is 18.0 Å². The highest BCUT2D eigenvalue weighted by atomic mass is 36.0. The SMILES string of the molecule is NC(=O)c1ccc(C(F)(F)F)cc1O.O=S(Cl)Cl. The molecule has 102 valence electrons. The van der Waals surface area contributed by atoms with E-state index >= 15 is 0 Å². The number of carbonyl (C=O) groups excluding carboxylic acids is 1. The van der Waals surface area contributed by atoms with Gasteiger partial charge in [0.15, 0.2) is 0 Å². The molecule has 0 unspecified atom stereocenters. The van der Waals surface area contributed by atoms with Gasteiger partial charge in [-0.2, -0.15) is 13.2 Å². The summed E-state index contributed by atoms with van der Waals surface area (Å²) in [4.78, 5) is 10.6. The normalized spacial score (nSPS) is 10.8. The van der Waals surface area contributed by atoms with Crippen molar-refractivity contribution in [2.75, 3.05) is 0 Å². The molecule has 0 bridgehead atoms. The van der Waals surface area contributed by atoms with Crippen molar-refractivity contribution < 1.29 is 27.3 Å². The first-order chi connectivity index (χ1) is 8.05. The average molecular weight is 324 g/mol. The molecule has 1 aromatic carbocycles. The molecule has 0 saturated heterocycles. The Labute approximate surface area is 111 Å². The van der Waals surface area contributed by atoms with Gasteiger partial charge in [0.25, 0.3) is 5.91 Å². The summed E-state index contributed by atoms with van der Waals surface area (Å²) in [6.07, 6.45) is -4.55. The fraction of sp³-hybridized carbons (Fsp3) is 0.125. The third-order valence-electron chi connectivity index (χ3n) is 1.59. The maximum Gasteiger partial charge on any atom is 0.416 e. The van der Waals surface area contributed by atoms with Crippen LogP contribution in [0.2, 0.25) is 0 Å². The van der Waals surface area contributed by atoms with Crippen LogP contribution in [0.4, 0.5) is 13.2 Å². The first-order valence-corrected chi connectivity index (χ1v) is 6.80. The minimum absolute atomic E-state index is 0.335. The van der Waals surface area contributed by atoms with Crippen LogP contribution in [0.1, 0.15) is 15.9 Å². The van der Waals surface area contributed by atoms with E-state index in [4.69, 9.17) is 15.0 Å². The number of aromatic hydroxyl groups is 1. The second-order valence-corrected chi connectivity index (χ2v) is 5.30. The van der Waals surface area contributed by atoms with Gasteiger partial charge in [-0.25, -0.2) is 4.21 Å². The van der Waals surface area contributed by atoms with E-state index in [1.165, 1.54) is 0 Å². The Bertz CT molecular complexity index is 463. The highest BCUT2D eigenvalue weighted by molar-refractivity contribution is 8.26. The predicted octanol–water partition coefficient (Wildman–Crippen LogP) is 2.55. The van der Waals surface area contributed by atoms with Crippen molar-refractivity contribution in [1.29, 1.82) is 0 Å². The Morgan fingerprint density at radius 2 is 1.78 bits per heavy atom. The molecule has 0 radical (unpaired) electrons. The summed E-state index contributed by atoms with van der Waals surface area (Å²) < 4.78 is 45.3. The molecule has 0 atom stereocenters. The lowest BCUT2D eigenvalue weighted by atomic mass is 10.1. The molecule has 10 heteroatoms. The molecule has 0 aliphatic heterocycles. The Balaban J connectivity index is 0.000000631. The summed E-state index contributed by atoms with van der Waals surface area (Å²) in [5.74, 6) is -1.75. The molecular formula is C8H6Cl2F3NO3S. The number of alkyl halides is 3.